The van der Waals surface area contributed by atoms with E-state index in [4.69, 9.17) is 4.74 Å². The maximum atomic E-state index is 12.9. The Balaban J connectivity index is 1.97. The van der Waals surface area contributed by atoms with Crippen LogP contribution in [0.5, 0.6) is 5.75 Å². The number of hydrogen-bond donors (Lipinski definition) is 0. The second-order valence-electron chi connectivity index (χ2n) is 6.57. The van der Waals surface area contributed by atoms with E-state index in [2.05, 4.69) is 6.58 Å². The molecule has 1 amide bonds. The van der Waals surface area contributed by atoms with Crippen LogP contribution >= 0.6 is 0 Å². The minimum Gasteiger partial charge on any atom is -0.497 e. The molecule has 23 heavy (non-hydrogen) atoms. The van der Waals surface area contributed by atoms with Crippen LogP contribution in [0.2, 0.25) is 0 Å². The molecule has 0 bridgehead atoms. The fourth-order valence-corrected chi connectivity index (χ4v) is 4.12. The third-order valence-corrected chi connectivity index (χ3v) is 5.43. The first-order valence-corrected chi connectivity index (χ1v) is 8.13. The van der Waals surface area contributed by atoms with Crippen LogP contribution in [0.15, 0.2) is 30.8 Å². The number of rotatable bonds is 3. The molecule has 1 aromatic carbocycles. The molecule has 0 aromatic heterocycles. The first-order chi connectivity index (χ1) is 11.0. The first-order valence-electron chi connectivity index (χ1n) is 8.13. The highest BCUT2D eigenvalue weighted by molar-refractivity contribution is 6.09. The molecule has 4 heteroatoms. The molecule has 3 rings (SSSR count). The standard InChI is InChI=1S/C19H23NO3/c1-13(14-6-8-15(23-3)9-7-14)16-10-12-20(2)18(22)19(16)11-4-5-17(19)21/h6-9,16H,1,4-5,10-12H2,2-3H3/t16-,19+/m0/s1. The Morgan fingerprint density at radius 2 is 2.00 bits per heavy atom. The highest BCUT2D eigenvalue weighted by Gasteiger charge is 2.57. The van der Waals surface area contributed by atoms with Gasteiger partial charge in [0.05, 0.1) is 7.11 Å². The SMILES string of the molecule is C=C(c1ccc(OC)cc1)[C@@H]1CCN(C)C(=O)[C@]12CCCC2=O. The maximum absolute atomic E-state index is 12.9. The molecule has 2 aliphatic rings. The molecule has 2 atom stereocenters. The second kappa shape index (κ2) is 5.84. The molecule has 0 unspecified atom stereocenters. The Labute approximate surface area is 137 Å². The van der Waals surface area contributed by atoms with E-state index in [0.29, 0.717) is 19.4 Å². The van der Waals surface area contributed by atoms with Gasteiger partial charge in [-0.05, 0) is 42.5 Å². The summed E-state index contributed by atoms with van der Waals surface area (Å²) in [7, 11) is 3.42. The molecular formula is C19H23NO3. The normalized spacial score (nSPS) is 27.6. The first kappa shape index (κ1) is 15.8. The Morgan fingerprint density at radius 3 is 2.57 bits per heavy atom. The Morgan fingerprint density at radius 1 is 1.30 bits per heavy atom. The average Bonchev–Trinajstić information content (AvgIpc) is 2.95. The molecule has 122 valence electrons. The zero-order chi connectivity index (χ0) is 16.6. The van der Waals surface area contributed by atoms with Gasteiger partial charge in [0, 0.05) is 25.9 Å². The van der Waals surface area contributed by atoms with Gasteiger partial charge < -0.3 is 9.64 Å². The van der Waals surface area contributed by atoms with Crippen molar-refractivity contribution in [2.45, 2.75) is 25.7 Å². The van der Waals surface area contributed by atoms with E-state index >= 15 is 0 Å². The third-order valence-electron chi connectivity index (χ3n) is 5.43. The van der Waals surface area contributed by atoms with Crippen LogP contribution in [0.25, 0.3) is 5.57 Å². The summed E-state index contributed by atoms with van der Waals surface area (Å²) in [4.78, 5) is 27.2. The van der Waals surface area contributed by atoms with E-state index in [0.717, 1.165) is 29.7 Å². The Hall–Kier alpha value is -2.10. The lowest BCUT2D eigenvalue weighted by atomic mass is 9.64. The zero-order valence-electron chi connectivity index (χ0n) is 13.8. The van der Waals surface area contributed by atoms with E-state index in [1.54, 1.807) is 19.1 Å². The predicted octanol–water partition coefficient (Wildman–Crippen LogP) is 2.93. The van der Waals surface area contributed by atoms with Gasteiger partial charge in [0.15, 0.2) is 0 Å². The quantitative estimate of drug-likeness (QED) is 0.806. The van der Waals surface area contributed by atoms with Gasteiger partial charge in [-0.1, -0.05) is 18.7 Å². The summed E-state index contributed by atoms with van der Waals surface area (Å²) in [6.45, 7) is 4.93. The number of benzene rings is 1. The molecular weight excluding hydrogens is 290 g/mol. The van der Waals surface area contributed by atoms with E-state index in [1.807, 2.05) is 24.3 Å². The lowest BCUT2D eigenvalue weighted by Crippen LogP contribution is -2.54. The van der Waals surface area contributed by atoms with Gasteiger partial charge in [-0.3, -0.25) is 9.59 Å². The van der Waals surface area contributed by atoms with Crippen molar-refractivity contribution in [1.82, 2.24) is 4.90 Å². The van der Waals surface area contributed by atoms with E-state index in [1.165, 1.54) is 0 Å². The van der Waals surface area contributed by atoms with Crippen LogP contribution in [0.4, 0.5) is 0 Å². The summed E-state index contributed by atoms with van der Waals surface area (Å²) in [6, 6.07) is 7.69. The van der Waals surface area contributed by atoms with Gasteiger partial charge in [0.25, 0.3) is 0 Å². The molecule has 1 spiro atoms. The van der Waals surface area contributed by atoms with Crippen LogP contribution in [0.3, 0.4) is 0 Å². The summed E-state index contributed by atoms with van der Waals surface area (Å²) < 4.78 is 5.19. The third kappa shape index (κ3) is 2.37. The number of allylic oxidation sites excluding steroid dienone is 1. The molecule has 1 saturated heterocycles. The maximum Gasteiger partial charge on any atom is 0.236 e. The van der Waals surface area contributed by atoms with Gasteiger partial charge >= 0.3 is 0 Å². The van der Waals surface area contributed by atoms with Crippen molar-refractivity contribution in [3.05, 3.63) is 36.4 Å². The Kier molecular flexibility index (Phi) is 4.00. The molecule has 1 heterocycles. The number of ketones is 1. The molecule has 1 aliphatic carbocycles. The number of methoxy groups -OCH3 is 1. The largest absolute Gasteiger partial charge is 0.497 e. The van der Waals surface area contributed by atoms with Crippen LogP contribution in [0, 0.1) is 11.3 Å². The number of carbonyl (C=O) groups excluding carboxylic acids is 2. The minimum atomic E-state index is -0.885. The van der Waals surface area contributed by atoms with Crippen molar-refractivity contribution in [3.63, 3.8) is 0 Å². The number of ether oxygens (including phenoxy) is 1. The molecule has 1 aliphatic heterocycles. The van der Waals surface area contributed by atoms with Gasteiger partial charge in [0.1, 0.15) is 16.9 Å². The number of likely N-dealkylation sites (tertiary alicyclic amines) is 1. The average molecular weight is 313 g/mol. The molecule has 1 aromatic rings. The van der Waals surface area contributed by atoms with Crippen molar-refractivity contribution < 1.29 is 14.3 Å². The van der Waals surface area contributed by atoms with Gasteiger partial charge in [-0.15, -0.1) is 0 Å². The number of carbonyl (C=O) groups is 2. The fraction of sp³-hybridized carbons (Fsp3) is 0.474. The molecule has 0 N–H and O–H groups in total. The smallest absolute Gasteiger partial charge is 0.236 e. The summed E-state index contributed by atoms with van der Waals surface area (Å²) in [5, 5.41) is 0. The number of Topliss-reactive ketones (excluding diaryl/α,β-unsaturated/α-hetero) is 1. The number of piperidine rings is 1. The molecule has 2 fully saturated rings. The van der Waals surface area contributed by atoms with Gasteiger partial charge in [0.2, 0.25) is 5.91 Å². The van der Waals surface area contributed by atoms with Crippen LogP contribution < -0.4 is 4.74 Å². The van der Waals surface area contributed by atoms with E-state index in [9.17, 15) is 9.59 Å². The highest BCUT2D eigenvalue weighted by Crippen LogP contribution is 2.51. The van der Waals surface area contributed by atoms with E-state index in [-0.39, 0.29) is 17.6 Å². The summed E-state index contributed by atoms with van der Waals surface area (Å²) in [6.07, 6.45) is 2.74. The topological polar surface area (TPSA) is 46.6 Å². The van der Waals surface area contributed by atoms with Crippen LogP contribution in [-0.2, 0) is 9.59 Å². The van der Waals surface area contributed by atoms with E-state index < -0.39 is 5.41 Å². The van der Waals surface area contributed by atoms with Crippen LogP contribution in [0.1, 0.15) is 31.2 Å². The monoisotopic (exact) mass is 313 g/mol. The molecule has 1 saturated carbocycles. The molecule has 0 radical (unpaired) electrons. The highest BCUT2D eigenvalue weighted by atomic mass is 16.5. The van der Waals surface area contributed by atoms with Crippen molar-refractivity contribution >= 4 is 17.3 Å². The fourth-order valence-electron chi connectivity index (χ4n) is 4.12. The lowest BCUT2D eigenvalue weighted by molar-refractivity contribution is -0.153. The van der Waals surface area contributed by atoms with Crippen molar-refractivity contribution in [1.29, 1.82) is 0 Å². The van der Waals surface area contributed by atoms with Crippen molar-refractivity contribution in [2.24, 2.45) is 11.3 Å². The second-order valence-corrected chi connectivity index (χ2v) is 6.57. The van der Waals surface area contributed by atoms with Gasteiger partial charge in [-0.2, -0.15) is 0 Å². The summed E-state index contributed by atoms with van der Waals surface area (Å²) >= 11 is 0. The summed E-state index contributed by atoms with van der Waals surface area (Å²) in [5.74, 6) is 0.752. The van der Waals surface area contributed by atoms with Crippen molar-refractivity contribution in [3.8, 4) is 5.75 Å². The number of nitrogens with zero attached hydrogens (tertiary/aromatic N) is 1. The van der Waals surface area contributed by atoms with Crippen LogP contribution in [-0.4, -0.2) is 37.3 Å². The lowest BCUT2D eigenvalue weighted by Gasteiger charge is -2.43. The predicted molar refractivity (Wildman–Crippen MR) is 89.1 cm³/mol. The van der Waals surface area contributed by atoms with Gasteiger partial charge in [-0.25, -0.2) is 0 Å². The Bertz CT molecular complexity index is 649. The number of amides is 1. The number of hydrogen-bond acceptors (Lipinski definition) is 3. The van der Waals surface area contributed by atoms with Crippen molar-refractivity contribution in [2.75, 3.05) is 20.7 Å². The summed E-state index contributed by atoms with van der Waals surface area (Å²) in [5.41, 5.74) is 0.987. The molecule has 4 nitrogen and oxygen atoms in total. The zero-order valence-corrected chi connectivity index (χ0v) is 13.8. The minimum absolute atomic E-state index is 0.0223.